The van der Waals surface area contributed by atoms with Gasteiger partial charge in [0.25, 0.3) is 0 Å². The first-order valence-corrected chi connectivity index (χ1v) is 17.9. The molecule has 0 bridgehead atoms. The highest BCUT2D eigenvalue weighted by Crippen LogP contribution is 2.43. The van der Waals surface area contributed by atoms with Gasteiger partial charge < -0.3 is 4.57 Å². The average Bonchev–Trinajstić information content (AvgIpc) is 3.76. The van der Waals surface area contributed by atoms with Crippen molar-refractivity contribution in [2.24, 2.45) is 0 Å². The summed E-state index contributed by atoms with van der Waals surface area (Å²) >= 11 is 1.76. The highest BCUT2D eigenvalue weighted by atomic mass is 32.1. The van der Waals surface area contributed by atoms with Crippen LogP contribution in [0.5, 0.6) is 0 Å². The van der Waals surface area contributed by atoms with Crippen molar-refractivity contribution in [2.45, 2.75) is 0 Å². The quantitative estimate of drug-likeness (QED) is 0.174. The molecule has 0 saturated heterocycles. The van der Waals surface area contributed by atoms with Gasteiger partial charge in [-0.1, -0.05) is 127 Å². The molecule has 0 aliphatic carbocycles. The number of para-hydroxylation sites is 2. The van der Waals surface area contributed by atoms with Crippen LogP contribution in [-0.2, 0) is 0 Å². The predicted molar refractivity (Wildman–Crippen MR) is 215 cm³/mol. The molecule has 0 radical (unpaired) electrons. The normalized spacial score (nSPS) is 12.0. The van der Waals surface area contributed by atoms with Crippen molar-refractivity contribution < 1.29 is 0 Å². The van der Waals surface area contributed by atoms with Crippen LogP contribution in [0.25, 0.3) is 102 Å². The number of fused-ring (bicyclic) bond motifs is 11. The first-order valence-electron chi connectivity index (χ1n) is 17.0. The summed E-state index contributed by atoms with van der Waals surface area (Å²) in [4.78, 5) is 5.19. The largest absolute Gasteiger partial charge is 0.309 e. The Morgan fingerprint density at radius 3 is 1.72 bits per heavy atom. The summed E-state index contributed by atoms with van der Waals surface area (Å²) < 4.78 is 3.65. The number of nitrogens with zero attached hydrogens (tertiary/aromatic N) is 2. The smallest absolute Gasteiger partial charge is 0.127 e. The average molecular weight is 653 g/mol. The predicted octanol–water partition coefficient (Wildman–Crippen LogP) is 13.3. The highest BCUT2D eigenvalue weighted by molar-refractivity contribution is 7.21. The molecule has 0 unspecified atom stereocenters. The van der Waals surface area contributed by atoms with Gasteiger partial charge in [0.15, 0.2) is 0 Å². The van der Waals surface area contributed by atoms with Gasteiger partial charge in [-0.15, -0.1) is 11.3 Å². The van der Waals surface area contributed by atoms with Crippen molar-refractivity contribution in [3.05, 3.63) is 170 Å². The van der Waals surface area contributed by atoms with Crippen LogP contribution in [0.2, 0.25) is 0 Å². The first kappa shape index (κ1) is 27.6. The maximum absolute atomic E-state index is 5.19. The summed E-state index contributed by atoms with van der Waals surface area (Å²) in [5, 5.41) is 13.7. The minimum Gasteiger partial charge on any atom is -0.309 e. The van der Waals surface area contributed by atoms with Gasteiger partial charge >= 0.3 is 0 Å². The van der Waals surface area contributed by atoms with Gasteiger partial charge in [-0.2, -0.15) is 0 Å². The molecular weight excluding hydrogens is 625 g/mol. The van der Waals surface area contributed by atoms with Crippen LogP contribution < -0.4 is 0 Å². The van der Waals surface area contributed by atoms with Crippen LogP contribution in [-0.4, -0.2) is 9.55 Å². The minimum atomic E-state index is 1.04. The monoisotopic (exact) mass is 652 g/mol. The van der Waals surface area contributed by atoms with Crippen molar-refractivity contribution in [3.8, 4) is 27.4 Å². The fraction of sp³-hybridized carbons (Fsp3) is 0. The van der Waals surface area contributed by atoms with E-state index in [1.165, 1.54) is 86.3 Å². The Kier molecular flexibility index (Phi) is 5.86. The van der Waals surface area contributed by atoms with E-state index in [-0.39, 0.29) is 0 Å². The van der Waals surface area contributed by atoms with Gasteiger partial charge in [-0.05, 0) is 96.7 Å². The number of hydrogen-bond acceptors (Lipinski definition) is 2. The molecule has 0 atom stereocenters. The van der Waals surface area contributed by atoms with Gasteiger partial charge in [0, 0.05) is 16.3 Å². The van der Waals surface area contributed by atoms with Crippen molar-refractivity contribution in [3.63, 3.8) is 0 Å². The van der Waals surface area contributed by atoms with E-state index in [9.17, 15) is 0 Å². The maximum Gasteiger partial charge on any atom is 0.127 e. The van der Waals surface area contributed by atoms with E-state index in [0.29, 0.717) is 0 Å². The number of thiazole rings is 1. The van der Waals surface area contributed by atoms with Gasteiger partial charge in [-0.3, -0.25) is 0 Å². The van der Waals surface area contributed by atoms with E-state index < -0.39 is 0 Å². The lowest BCUT2D eigenvalue weighted by molar-refractivity contribution is 1.19. The van der Waals surface area contributed by atoms with E-state index in [1.807, 2.05) is 0 Å². The zero-order valence-electron chi connectivity index (χ0n) is 27.0. The summed E-state index contributed by atoms with van der Waals surface area (Å²) in [6, 6.07) is 62.0. The Morgan fingerprint density at radius 2 is 0.960 bits per heavy atom. The van der Waals surface area contributed by atoms with Crippen LogP contribution in [0, 0.1) is 0 Å². The first-order chi connectivity index (χ1) is 24.8. The van der Waals surface area contributed by atoms with Gasteiger partial charge in [-0.25, -0.2) is 4.98 Å². The lowest BCUT2D eigenvalue weighted by Gasteiger charge is -2.15. The molecule has 2 nitrogen and oxygen atoms in total. The fourth-order valence-corrected chi connectivity index (χ4v) is 9.18. The number of rotatable bonds is 3. The SMILES string of the molecule is c1ccc2c(-c3nc4ccccc4s3)c(-n3c4ccccc4c4cc(-c5ccc6c7ccccc7c7ccccc7c6c5)ccc43)ccc2c1. The second-order valence-electron chi connectivity index (χ2n) is 13.1. The molecule has 0 saturated carbocycles. The third kappa shape index (κ3) is 3.98. The van der Waals surface area contributed by atoms with Crippen LogP contribution in [0.3, 0.4) is 0 Å². The van der Waals surface area contributed by atoms with Crippen molar-refractivity contribution >= 4 is 86.4 Å². The van der Waals surface area contributed by atoms with Gasteiger partial charge in [0.2, 0.25) is 0 Å². The molecule has 0 N–H and O–H groups in total. The molecule has 0 amide bonds. The Hall–Kier alpha value is -6.29. The van der Waals surface area contributed by atoms with Crippen molar-refractivity contribution in [1.82, 2.24) is 9.55 Å². The molecule has 0 aliphatic rings. The van der Waals surface area contributed by atoms with Crippen LogP contribution in [0.4, 0.5) is 0 Å². The zero-order chi connectivity index (χ0) is 32.8. The van der Waals surface area contributed by atoms with Crippen LogP contribution in [0.1, 0.15) is 0 Å². The van der Waals surface area contributed by atoms with E-state index in [2.05, 4.69) is 174 Å². The molecule has 2 heterocycles. The lowest BCUT2D eigenvalue weighted by atomic mass is 9.92. The Balaban J connectivity index is 1.17. The van der Waals surface area contributed by atoms with E-state index in [4.69, 9.17) is 4.98 Å². The Bertz CT molecular complexity index is 3090. The molecule has 0 fully saturated rings. The lowest BCUT2D eigenvalue weighted by Crippen LogP contribution is -1.98. The second-order valence-corrected chi connectivity index (χ2v) is 14.1. The van der Waals surface area contributed by atoms with Crippen LogP contribution in [0.15, 0.2) is 170 Å². The third-order valence-corrected chi connectivity index (χ3v) is 11.5. The fourth-order valence-electron chi connectivity index (χ4n) is 8.15. The molecule has 0 spiro atoms. The number of aromatic nitrogens is 2. The van der Waals surface area contributed by atoms with Gasteiger partial charge in [0.05, 0.1) is 26.9 Å². The summed E-state index contributed by atoms with van der Waals surface area (Å²) in [6.07, 6.45) is 0. The molecule has 232 valence electrons. The van der Waals surface area contributed by atoms with Gasteiger partial charge in [0.1, 0.15) is 5.01 Å². The Labute approximate surface area is 292 Å². The molecule has 3 heteroatoms. The molecule has 9 aromatic carbocycles. The summed E-state index contributed by atoms with van der Waals surface area (Å²) in [5.41, 5.74) is 8.16. The second kappa shape index (κ2) is 10.6. The maximum atomic E-state index is 5.19. The minimum absolute atomic E-state index is 1.04. The standard InChI is InChI=1S/C47H28N2S/c1-2-12-32-29(11-1)22-26-44(46(32)47-48-41-18-8-10-20-45(41)50-47)49-42-19-9-7-17-38(42)40-28-31(23-25-43(40)49)30-21-24-37-35-15-4-3-13-33(35)34-14-5-6-16-36(34)39(37)27-30/h1-28H. The highest BCUT2D eigenvalue weighted by Gasteiger charge is 2.20. The third-order valence-electron chi connectivity index (χ3n) is 10.4. The molecule has 50 heavy (non-hydrogen) atoms. The van der Waals surface area contributed by atoms with Crippen molar-refractivity contribution in [2.75, 3.05) is 0 Å². The molecule has 2 aromatic heterocycles. The van der Waals surface area contributed by atoms with E-state index in [0.717, 1.165) is 16.2 Å². The summed E-state index contributed by atoms with van der Waals surface area (Å²) in [7, 11) is 0. The van der Waals surface area contributed by atoms with E-state index in [1.54, 1.807) is 11.3 Å². The van der Waals surface area contributed by atoms with E-state index >= 15 is 0 Å². The molecule has 11 aromatic rings. The summed E-state index contributed by atoms with van der Waals surface area (Å²) in [5.74, 6) is 0. The molecule has 11 rings (SSSR count). The summed E-state index contributed by atoms with van der Waals surface area (Å²) in [6.45, 7) is 0. The van der Waals surface area contributed by atoms with Crippen molar-refractivity contribution in [1.29, 1.82) is 0 Å². The molecular formula is C47H28N2S. The number of benzene rings is 9. The Morgan fingerprint density at radius 1 is 0.400 bits per heavy atom. The molecule has 0 aliphatic heterocycles. The zero-order valence-corrected chi connectivity index (χ0v) is 27.8. The number of hydrogen-bond donors (Lipinski definition) is 0. The van der Waals surface area contributed by atoms with Crippen LogP contribution >= 0.6 is 11.3 Å². The topological polar surface area (TPSA) is 17.8 Å².